The Morgan fingerprint density at radius 3 is 2.52 bits per heavy atom. The van der Waals surface area contributed by atoms with Gasteiger partial charge in [-0.05, 0) is 36.8 Å². The van der Waals surface area contributed by atoms with E-state index in [4.69, 9.17) is 16.3 Å². The second kappa shape index (κ2) is 7.49. The zero-order valence-electron chi connectivity index (χ0n) is 13.7. The van der Waals surface area contributed by atoms with Crippen LogP contribution in [0.15, 0.2) is 59.7 Å². The van der Waals surface area contributed by atoms with Crippen molar-refractivity contribution in [1.82, 2.24) is 0 Å². The van der Waals surface area contributed by atoms with Crippen molar-refractivity contribution < 1.29 is 14.3 Å². The largest absolute Gasteiger partial charge is 0.461 e. The Bertz CT molecular complexity index is 803. The lowest BCUT2D eigenvalue weighted by molar-refractivity contribution is -0.135. The quantitative estimate of drug-likeness (QED) is 0.782. The molecule has 2 aromatic rings. The number of hydrogen-bond donors (Lipinski definition) is 0. The van der Waals surface area contributed by atoms with Crippen LogP contribution in [0.4, 0.5) is 5.69 Å². The fourth-order valence-corrected chi connectivity index (χ4v) is 2.84. The van der Waals surface area contributed by atoms with Gasteiger partial charge in [0.1, 0.15) is 0 Å². The molecule has 0 aliphatic carbocycles. The molecule has 0 fully saturated rings. The SMILES string of the molecule is CCOC(=O)C1=NN(c2ccc(Cl)cc2)[C@H](c2ccccc2)CC1=O. The van der Waals surface area contributed by atoms with Crippen LogP contribution in [0.25, 0.3) is 0 Å². The Balaban J connectivity index is 2.05. The van der Waals surface area contributed by atoms with Crippen molar-refractivity contribution in [2.75, 3.05) is 11.6 Å². The molecule has 0 saturated carbocycles. The number of ether oxygens (including phenoxy) is 1. The number of carbonyl (C=O) groups excluding carboxylic acids is 2. The Labute approximate surface area is 150 Å². The molecular formula is C19H17ClN2O3. The first kappa shape index (κ1) is 17.2. The van der Waals surface area contributed by atoms with Crippen molar-refractivity contribution in [2.45, 2.75) is 19.4 Å². The lowest BCUT2D eigenvalue weighted by Gasteiger charge is -2.33. The summed E-state index contributed by atoms with van der Waals surface area (Å²) in [5, 5.41) is 6.60. The monoisotopic (exact) mass is 356 g/mol. The topological polar surface area (TPSA) is 59.0 Å². The van der Waals surface area contributed by atoms with Crippen LogP contribution in [0.3, 0.4) is 0 Å². The summed E-state index contributed by atoms with van der Waals surface area (Å²) in [5.74, 6) is -1.02. The highest BCUT2D eigenvalue weighted by molar-refractivity contribution is 6.64. The van der Waals surface area contributed by atoms with Crippen molar-refractivity contribution in [1.29, 1.82) is 0 Å². The molecule has 2 aromatic carbocycles. The Hall–Kier alpha value is -2.66. The predicted molar refractivity (Wildman–Crippen MR) is 96.8 cm³/mol. The van der Waals surface area contributed by atoms with E-state index in [-0.39, 0.29) is 30.6 Å². The minimum absolute atomic E-state index is 0.143. The zero-order chi connectivity index (χ0) is 17.8. The van der Waals surface area contributed by atoms with Crippen LogP contribution in [0.1, 0.15) is 24.9 Å². The number of rotatable bonds is 4. The third kappa shape index (κ3) is 3.72. The summed E-state index contributed by atoms with van der Waals surface area (Å²) in [6.45, 7) is 1.88. The third-order valence-corrected chi connectivity index (χ3v) is 4.14. The molecule has 0 spiro atoms. The first-order chi connectivity index (χ1) is 12.1. The lowest BCUT2D eigenvalue weighted by Crippen LogP contribution is -2.39. The average molecular weight is 357 g/mol. The third-order valence-electron chi connectivity index (χ3n) is 3.89. The number of anilines is 1. The number of hydrogen-bond acceptors (Lipinski definition) is 5. The van der Waals surface area contributed by atoms with E-state index >= 15 is 0 Å². The average Bonchev–Trinajstić information content (AvgIpc) is 2.63. The van der Waals surface area contributed by atoms with Crippen LogP contribution in [-0.4, -0.2) is 24.1 Å². The van der Waals surface area contributed by atoms with Crippen molar-refractivity contribution >= 4 is 34.8 Å². The first-order valence-electron chi connectivity index (χ1n) is 7.99. The van der Waals surface area contributed by atoms with E-state index in [1.165, 1.54) is 0 Å². The van der Waals surface area contributed by atoms with Gasteiger partial charge in [-0.25, -0.2) is 4.79 Å². The molecule has 128 valence electrons. The van der Waals surface area contributed by atoms with Crippen molar-refractivity contribution in [2.24, 2.45) is 5.10 Å². The number of nitrogens with zero attached hydrogens (tertiary/aromatic N) is 2. The molecule has 0 N–H and O–H groups in total. The van der Waals surface area contributed by atoms with E-state index in [0.717, 1.165) is 11.3 Å². The number of halogens is 1. The molecule has 0 unspecified atom stereocenters. The zero-order valence-corrected chi connectivity index (χ0v) is 14.4. The normalized spacial score (nSPS) is 17.2. The maximum atomic E-state index is 12.4. The summed E-state index contributed by atoms with van der Waals surface area (Å²) in [7, 11) is 0. The molecule has 1 heterocycles. The minimum atomic E-state index is -0.696. The molecule has 1 atom stereocenters. The van der Waals surface area contributed by atoms with Gasteiger partial charge in [-0.3, -0.25) is 9.80 Å². The second-order valence-electron chi connectivity index (χ2n) is 5.54. The van der Waals surface area contributed by atoms with E-state index in [0.29, 0.717) is 5.02 Å². The second-order valence-corrected chi connectivity index (χ2v) is 5.98. The van der Waals surface area contributed by atoms with Gasteiger partial charge >= 0.3 is 5.97 Å². The molecule has 6 heteroatoms. The highest BCUT2D eigenvalue weighted by Gasteiger charge is 2.35. The van der Waals surface area contributed by atoms with Crippen LogP contribution in [0.2, 0.25) is 5.02 Å². The minimum Gasteiger partial charge on any atom is -0.461 e. The molecule has 0 bridgehead atoms. The van der Waals surface area contributed by atoms with Crippen molar-refractivity contribution in [3.05, 3.63) is 65.2 Å². The van der Waals surface area contributed by atoms with Gasteiger partial charge in [-0.1, -0.05) is 41.9 Å². The highest BCUT2D eigenvalue weighted by Crippen LogP contribution is 2.34. The lowest BCUT2D eigenvalue weighted by atomic mass is 9.96. The summed E-state index contributed by atoms with van der Waals surface area (Å²) >= 11 is 5.96. The highest BCUT2D eigenvalue weighted by atomic mass is 35.5. The number of esters is 1. The van der Waals surface area contributed by atoms with Gasteiger partial charge < -0.3 is 4.74 Å². The molecule has 0 aromatic heterocycles. The number of hydrazone groups is 1. The van der Waals surface area contributed by atoms with E-state index in [1.54, 1.807) is 36.2 Å². The summed E-state index contributed by atoms with van der Waals surface area (Å²) in [4.78, 5) is 24.5. The first-order valence-corrected chi connectivity index (χ1v) is 8.36. The van der Waals surface area contributed by atoms with Gasteiger partial charge in [0.25, 0.3) is 0 Å². The van der Waals surface area contributed by atoms with Gasteiger partial charge in [-0.15, -0.1) is 0 Å². The number of Topliss-reactive ketones (excluding diaryl/α,β-unsaturated/α-hetero) is 1. The Morgan fingerprint density at radius 1 is 1.20 bits per heavy atom. The standard InChI is InChI=1S/C19H17ClN2O3/c1-2-25-19(24)18-17(23)12-16(13-6-4-3-5-7-13)22(21-18)15-10-8-14(20)9-11-15/h3-11,16H,2,12H2,1H3/t16-/m0/s1. The molecule has 0 radical (unpaired) electrons. The maximum Gasteiger partial charge on any atom is 0.362 e. The predicted octanol–water partition coefficient (Wildman–Crippen LogP) is 3.78. The van der Waals surface area contributed by atoms with Crippen LogP contribution in [-0.2, 0) is 14.3 Å². The van der Waals surface area contributed by atoms with Crippen molar-refractivity contribution in [3.63, 3.8) is 0 Å². The van der Waals surface area contributed by atoms with Crippen LogP contribution >= 0.6 is 11.6 Å². The van der Waals surface area contributed by atoms with Gasteiger partial charge in [0, 0.05) is 11.4 Å². The molecule has 0 saturated heterocycles. The number of ketones is 1. The fourth-order valence-electron chi connectivity index (χ4n) is 2.71. The van der Waals surface area contributed by atoms with E-state index in [2.05, 4.69) is 5.10 Å². The summed E-state index contributed by atoms with van der Waals surface area (Å²) in [5.41, 5.74) is 1.51. The van der Waals surface area contributed by atoms with E-state index in [1.807, 2.05) is 30.3 Å². The van der Waals surface area contributed by atoms with Gasteiger partial charge in [0.15, 0.2) is 5.78 Å². The summed E-state index contributed by atoms with van der Waals surface area (Å²) < 4.78 is 4.96. The molecule has 1 aliphatic rings. The summed E-state index contributed by atoms with van der Waals surface area (Å²) in [6, 6.07) is 16.4. The Morgan fingerprint density at radius 2 is 1.88 bits per heavy atom. The smallest absolute Gasteiger partial charge is 0.362 e. The van der Waals surface area contributed by atoms with Gasteiger partial charge in [-0.2, -0.15) is 5.10 Å². The molecule has 5 nitrogen and oxygen atoms in total. The van der Waals surface area contributed by atoms with Crippen LogP contribution < -0.4 is 5.01 Å². The number of carbonyl (C=O) groups is 2. The van der Waals surface area contributed by atoms with E-state index < -0.39 is 5.97 Å². The van der Waals surface area contributed by atoms with Gasteiger partial charge in [0.2, 0.25) is 5.71 Å². The van der Waals surface area contributed by atoms with Gasteiger partial charge in [0.05, 0.1) is 18.3 Å². The maximum absolute atomic E-state index is 12.4. The Kier molecular flexibility index (Phi) is 5.14. The molecule has 1 aliphatic heterocycles. The molecular weight excluding hydrogens is 340 g/mol. The summed E-state index contributed by atoms with van der Waals surface area (Å²) in [6.07, 6.45) is 0.143. The van der Waals surface area contributed by atoms with Crippen LogP contribution in [0, 0.1) is 0 Å². The van der Waals surface area contributed by atoms with Crippen molar-refractivity contribution in [3.8, 4) is 0 Å². The molecule has 3 rings (SSSR count). The fraction of sp³-hybridized carbons (Fsp3) is 0.211. The number of benzene rings is 2. The molecule has 0 amide bonds. The van der Waals surface area contributed by atoms with Crippen LogP contribution in [0.5, 0.6) is 0 Å². The van der Waals surface area contributed by atoms with E-state index in [9.17, 15) is 9.59 Å². The molecule has 25 heavy (non-hydrogen) atoms.